The predicted octanol–water partition coefficient (Wildman–Crippen LogP) is 1.62. The number of fused-ring (bicyclic) bond motifs is 2. The molecular formula is C11H16N4O2. The molecule has 0 unspecified atom stereocenters. The molecule has 92 valence electrons. The van der Waals surface area contributed by atoms with E-state index < -0.39 is 0 Å². The van der Waals surface area contributed by atoms with Crippen LogP contribution in [0.2, 0.25) is 0 Å². The van der Waals surface area contributed by atoms with Crippen molar-refractivity contribution in [3.63, 3.8) is 0 Å². The second-order valence-electron chi connectivity index (χ2n) is 6.05. The SMILES string of the molecule is C[C@@]12[C@@H]([C@H]3CC[C@@H]1[N+]([O-])=N3)[C@@H]1CC[C@H]2N=[N+]1[O-]. The molecule has 6 atom stereocenters. The first-order chi connectivity index (χ1) is 8.12. The number of azo groups is 2. The highest BCUT2D eigenvalue weighted by Crippen LogP contribution is 2.58. The normalized spacial score (nSPS) is 55.2. The molecular weight excluding hydrogens is 220 g/mol. The summed E-state index contributed by atoms with van der Waals surface area (Å²) in [6.45, 7) is 2.15. The number of hydroxylamine groups is 2. The van der Waals surface area contributed by atoms with Crippen molar-refractivity contribution in [1.29, 1.82) is 0 Å². The van der Waals surface area contributed by atoms with Crippen molar-refractivity contribution in [3.8, 4) is 0 Å². The van der Waals surface area contributed by atoms with E-state index in [0.29, 0.717) is 0 Å². The highest BCUT2D eigenvalue weighted by molar-refractivity contribution is 5.12. The summed E-state index contributed by atoms with van der Waals surface area (Å²) in [6.07, 6.45) is 3.73. The summed E-state index contributed by atoms with van der Waals surface area (Å²) in [5.74, 6) is 0.236. The first-order valence-corrected chi connectivity index (χ1v) is 6.46. The van der Waals surface area contributed by atoms with Crippen LogP contribution < -0.4 is 0 Å². The molecule has 2 saturated carbocycles. The maximum absolute atomic E-state index is 11.9. The van der Waals surface area contributed by atoms with Crippen molar-refractivity contribution in [2.75, 3.05) is 0 Å². The van der Waals surface area contributed by atoms with Gasteiger partial charge in [0.2, 0.25) is 0 Å². The third-order valence-electron chi connectivity index (χ3n) is 5.52. The third-order valence-corrected chi connectivity index (χ3v) is 5.52. The monoisotopic (exact) mass is 236 g/mol. The Morgan fingerprint density at radius 1 is 1.06 bits per heavy atom. The molecule has 0 radical (unpaired) electrons. The maximum atomic E-state index is 11.9. The van der Waals surface area contributed by atoms with Crippen LogP contribution in [0.3, 0.4) is 0 Å². The zero-order valence-electron chi connectivity index (χ0n) is 9.82. The van der Waals surface area contributed by atoms with Crippen molar-refractivity contribution < 1.29 is 9.72 Å². The van der Waals surface area contributed by atoms with Gasteiger partial charge in [0.1, 0.15) is 12.1 Å². The van der Waals surface area contributed by atoms with Gasteiger partial charge in [0, 0.05) is 12.8 Å². The van der Waals surface area contributed by atoms with E-state index in [-0.39, 0.29) is 35.5 Å². The number of nitrogens with zero attached hydrogens (tertiary/aromatic N) is 4. The molecule has 0 saturated heterocycles. The van der Waals surface area contributed by atoms with Crippen molar-refractivity contribution in [2.24, 2.45) is 21.6 Å². The lowest BCUT2D eigenvalue weighted by Gasteiger charge is -2.56. The molecule has 4 aliphatic heterocycles. The second-order valence-corrected chi connectivity index (χ2v) is 6.05. The van der Waals surface area contributed by atoms with Gasteiger partial charge in [-0.15, -0.1) is 0 Å². The lowest BCUT2D eigenvalue weighted by Crippen LogP contribution is -2.69. The van der Waals surface area contributed by atoms with Crippen molar-refractivity contribution >= 4 is 0 Å². The maximum Gasteiger partial charge on any atom is 0.198 e. The van der Waals surface area contributed by atoms with Gasteiger partial charge in [-0.1, -0.05) is 16.6 Å². The van der Waals surface area contributed by atoms with E-state index in [1.165, 1.54) is 0 Å². The fourth-order valence-corrected chi connectivity index (χ4v) is 4.75. The minimum absolute atomic E-state index is 0.0229. The smallest absolute Gasteiger partial charge is 0.198 e. The van der Waals surface area contributed by atoms with E-state index in [1.54, 1.807) is 0 Å². The summed E-state index contributed by atoms with van der Waals surface area (Å²) in [7, 11) is 0. The van der Waals surface area contributed by atoms with Gasteiger partial charge in [0.25, 0.3) is 0 Å². The molecule has 4 heterocycles. The van der Waals surface area contributed by atoms with E-state index in [4.69, 9.17) is 0 Å². The predicted molar refractivity (Wildman–Crippen MR) is 57.3 cm³/mol. The third kappa shape index (κ3) is 0.940. The summed E-state index contributed by atoms with van der Waals surface area (Å²) < 4.78 is 0. The largest absolute Gasteiger partial charge is 0.600 e. The molecule has 0 spiro atoms. The van der Waals surface area contributed by atoms with Gasteiger partial charge < -0.3 is 10.4 Å². The quantitative estimate of drug-likeness (QED) is 0.473. The van der Waals surface area contributed by atoms with Gasteiger partial charge in [0.15, 0.2) is 12.1 Å². The average molecular weight is 236 g/mol. The van der Waals surface area contributed by atoms with E-state index >= 15 is 0 Å². The standard InChI is InChI=1S/C11H16N4O2/c1-11-8-4-3-7(14(16)13-8)10(11)6-2-5-9(11)15(17)12-6/h6-10H,2-5H2,1H3/t6-,7+,8-,9+,10+,11+/m1/s1. The molecule has 6 rings (SSSR count). The first-order valence-electron chi connectivity index (χ1n) is 6.46. The summed E-state index contributed by atoms with van der Waals surface area (Å²) in [5, 5.41) is 32.2. The van der Waals surface area contributed by atoms with Crippen LogP contribution in [0.5, 0.6) is 0 Å². The van der Waals surface area contributed by atoms with E-state index in [2.05, 4.69) is 17.2 Å². The number of hydrogen-bond donors (Lipinski definition) is 0. The van der Waals surface area contributed by atoms with Gasteiger partial charge in [0.05, 0.1) is 11.3 Å². The Balaban J connectivity index is 1.90. The van der Waals surface area contributed by atoms with Crippen molar-refractivity contribution in [1.82, 2.24) is 0 Å². The summed E-state index contributed by atoms with van der Waals surface area (Å²) in [4.78, 5) is 1.82. The molecule has 6 aliphatic rings. The van der Waals surface area contributed by atoms with Crippen LogP contribution >= 0.6 is 0 Å². The Labute approximate surface area is 99.2 Å². The molecule has 17 heavy (non-hydrogen) atoms. The van der Waals surface area contributed by atoms with Crippen LogP contribution in [0.4, 0.5) is 0 Å². The lowest BCUT2D eigenvalue weighted by atomic mass is 9.51. The molecule has 2 fully saturated rings. The fraction of sp³-hybridized carbons (Fsp3) is 1.00. The van der Waals surface area contributed by atoms with E-state index in [9.17, 15) is 10.4 Å². The van der Waals surface area contributed by atoms with Crippen LogP contribution in [0.1, 0.15) is 32.6 Å². The molecule has 6 nitrogen and oxygen atoms in total. The van der Waals surface area contributed by atoms with Crippen molar-refractivity contribution in [2.45, 2.75) is 56.8 Å². The van der Waals surface area contributed by atoms with Gasteiger partial charge >= 0.3 is 0 Å². The second kappa shape index (κ2) is 2.79. The molecule has 0 amide bonds. The highest BCUT2D eigenvalue weighted by atomic mass is 16.5. The molecule has 0 aromatic rings. The Bertz CT molecular complexity index is 449. The molecule has 0 N–H and O–H groups in total. The highest BCUT2D eigenvalue weighted by Gasteiger charge is 2.70. The molecule has 0 aromatic heterocycles. The zero-order chi connectivity index (χ0) is 11.8. The van der Waals surface area contributed by atoms with Gasteiger partial charge in [-0.05, 0) is 23.1 Å². The minimum atomic E-state index is -0.129. The van der Waals surface area contributed by atoms with Crippen LogP contribution in [0, 0.1) is 21.7 Å². The Hall–Kier alpha value is -1.20. The van der Waals surface area contributed by atoms with Crippen LogP contribution in [0.25, 0.3) is 0 Å². The minimum Gasteiger partial charge on any atom is -0.600 e. The number of hydrogen-bond acceptors (Lipinski definition) is 4. The topological polar surface area (TPSA) is 76.9 Å². The van der Waals surface area contributed by atoms with Gasteiger partial charge in [-0.3, -0.25) is 0 Å². The molecule has 4 bridgehead atoms. The average Bonchev–Trinajstić information content (AvgIpc) is 2.30. The number of rotatable bonds is 0. The molecule has 6 heteroatoms. The van der Waals surface area contributed by atoms with Gasteiger partial charge in [-0.25, -0.2) is 0 Å². The molecule has 0 aromatic carbocycles. The van der Waals surface area contributed by atoms with Crippen LogP contribution in [-0.4, -0.2) is 33.9 Å². The first kappa shape index (κ1) is 9.79. The Morgan fingerprint density at radius 2 is 1.88 bits per heavy atom. The van der Waals surface area contributed by atoms with E-state index in [0.717, 1.165) is 35.4 Å². The zero-order valence-corrected chi connectivity index (χ0v) is 9.82. The molecule has 2 aliphatic carbocycles. The van der Waals surface area contributed by atoms with Gasteiger partial charge in [-0.2, -0.15) is 0 Å². The van der Waals surface area contributed by atoms with E-state index in [1.807, 2.05) is 0 Å². The van der Waals surface area contributed by atoms with Crippen LogP contribution in [0.15, 0.2) is 10.2 Å². The fourth-order valence-electron chi connectivity index (χ4n) is 4.75. The van der Waals surface area contributed by atoms with Crippen molar-refractivity contribution in [3.05, 3.63) is 10.4 Å². The Morgan fingerprint density at radius 3 is 2.59 bits per heavy atom. The summed E-state index contributed by atoms with van der Waals surface area (Å²) >= 11 is 0. The summed E-state index contributed by atoms with van der Waals surface area (Å²) in [5.41, 5.74) is -0.129. The lowest BCUT2D eigenvalue weighted by molar-refractivity contribution is -0.658. The summed E-state index contributed by atoms with van der Waals surface area (Å²) in [6, 6.07) is -0.0463. The van der Waals surface area contributed by atoms with Crippen LogP contribution in [-0.2, 0) is 0 Å². The Kier molecular flexibility index (Phi) is 1.61.